The monoisotopic (exact) mass is 1070 g/mol. The number of nitrogens with one attached hydrogen (secondary N) is 1. The van der Waals surface area contributed by atoms with Crippen molar-refractivity contribution in [1.82, 2.24) is 4.98 Å². The largest absolute Gasteiger partial charge is 0.494 e. The number of allylic oxidation sites excluding steroid dienone is 2. The Morgan fingerprint density at radius 3 is 1.60 bits per heavy atom. The van der Waals surface area contributed by atoms with Crippen molar-refractivity contribution in [3.05, 3.63) is 103 Å². The fraction of sp³-hybridized carbons (Fsp3) is 0.594. The van der Waals surface area contributed by atoms with Gasteiger partial charge in [0.2, 0.25) is 0 Å². The van der Waals surface area contributed by atoms with Gasteiger partial charge in [0.15, 0.2) is 5.88 Å². The number of benzene rings is 3. The van der Waals surface area contributed by atoms with Crippen molar-refractivity contribution >= 4 is 49.1 Å². The predicted octanol–water partition coefficient (Wildman–Crippen LogP) is 20.5. The summed E-state index contributed by atoms with van der Waals surface area (Å²) in [5, 5.41) is 12.1. The standard InChI is InChI=1S/C64H86Br2N2O2/c1-5-9-13-17-21-25-37-63(38-26-22-18-14-10-6-2)53-41-45(29-33-49(53)51-35-31-47(65)43-55(51)63)59-57-58(62(70)67-59)60(68-61(57)69)46-30-34-50-52-36-32-48(66)44-56(52)64(54(50)42-46,39-27-23-19-15-11-7-3)40-28-24-20-16-12-8-4/h29,31-36,41,43-44,46,54,67,70H,5-28,30,37-40,42H2,1-4H3. The van der Waals surface area contributed by atoms with Gasteiger partial charge in [-0.1, -0.05) is 244 Å². The van der Waals surface area contributed by atoms with Crippen LogP contribution in [0.15, 0.2) is 74.6 Å². The van der Waals surface area contributed by atoms with Crippen LogP contribution in [-0.4, -0.2) is 21.7 Å². The van der Waals surface area contributed by atoms with Crippen molar-refractivity contribution in [2.75, 3.05) is 0 Å². The topological polar surface area (TPSA) is 65.4 Å². The zero-order valence-corrected chi connectivity index (χ0v) is 46.9. The third-order valence-corrected chi connectivity index (χ3v) is 18.5. The summed E-state index contributed by atoms with van der Waals surface area (Å²) in [4.78, 5) is 22.9. The van der Waals surface area contributed by atoms with Crippen LogP contribution in [0.5, 0.6) is 5.88 Å². The summed E-state index contributed by atoms with van der Waals surface area (Å²) >= 11 is 7.82. The highest BCUT2D eigenvalue weighted by Gasteiger charge is 2.52. The Bertz CT molecular complexity index is 2420. The predicted molar refractivity (Wildman–Crippen MR) is 305 cm³/mol. The fourth-order valence-corrected chi connectivity index (χ4v) is 14.6. The van der Waals surface area contributed by atoms with Crippen molar-refractivity contribution < 1.29 is 9.90 Å². The number of halogens is 2. The quantitative estimate of drug-likeness (QED) is 0.0511. The number of aromatic amines is 1. The van der Waals surface area contributed by atoms with Gasteiger partial charge in [-0.3, -0.25) is 4.79 Å². The smallest absolute Gasteiger partial charge is 0.280 e. The third kappa shape index (κ3) is 11.3. The molecule has 2 unspecified atom stereocenters. The minimum atomic E-state index is -0.214. The molecule has 0 fully saturated rings. The van der Waals surface area contributed by atoms with Crippen molar-refractivity contribution in [2.24, 2.45) is 16.8 Å². The molecule has 2 heterocycles. The molecule has 0 bridgehead atoms. The van der Waals surface area contributed by atoms with Gasteiger partial charge < -0.3 is 10.1 Å². The minimum absolute atomic E-state index is 0.0472. The molecule has 1 aliphatic heterocycles. The molecule has 3 aromatic carbocycles. The maximum atomic E-state index is 14.5. The molecule has 4 nitrogen and oxygen atoms in total. The molecule has 378 valence electrons. The average molecular weight is 1080 g/mol. The third-order valence-electron chi connectivity index (χ3n) is 17.6. The number of aromatic nitrogens is 1. The number of amides is 1. The summed E-state index contributed by atoms with van der Waals surface area (Å²) < 4.78 is 2.31. The molecule has 0 spiro atoms. The highest BCUT2D eigenvalue weighted by molar-refractivity contribution is 9.10. The van der Waals surface area contributed by atoms with Crippen LogP contribution in [0.3, 0.4) is 0 Å². The normalized spacial score (nSPS) is 18.1. The van der Waals surface area contributed by atoms with Crippen molar-refractivity contribution in [2.45, 2.75) is 231 Å². The first-order chi connectivity index (χ1) is 34.2. The molecule has 1 amide bonds. The van der Waals surface area contributed by atoms with Crippen LogP contribution in [0, 0.1) is 11.8 Å². The van der Waals surface area contributed by atoms with Gasteiger partial charge in [0.25, 0.3) is 5.91 Å². The second-order valence-electron chi connectivity index (χ2n) is 22.2. The second kappa shape index (κ2) is 25.1. The molecule has 4 aromatic rings. The number of hydrogen-bond donors (Lipinski definition) is 2. The first-order valence-corrected chi connectivity index (χ1v) is 30.3. The van der Waals surface area contributed by atoms with Gasteiger partial charge in [0.05, 0.1) is 22.5 Å². The molecule has 2 atom stereocenters. The Balaban J connectivity index is 1.11. The van der Waals surface area contributed by atoms with Crippen LogP contribution in [0.25, 0.3) is 28.0 Å². The Hall–Kier alpha value is -3.22. The molecular weight excluding hydrogens is 989 g/mol. The molecular formula is C64H86Br2N2O2. The van der Waals surface area contributed by atoms with E-state index < -0.39 is 0 Å². The van der Waals surface area contributed by atoms with Gasteiger partial charge >= 0.3 is 0 Å². The maximum absolute atomic E-state index is 14.5. The van der Waals surface area contributed by atoms with Gasteiger partial charge in [0.1, 0.15) is 0 Å². The maximum Gasteiger partial charge on any atom is 0.280 e. The summed E-state index contributed by atoms with van der Waals surface area (Å²) in [5.74, 6) is 0.282. The Labute approximate surface area is 440 Å². The molecule has 8 rings (SSSR count). The minimum Gasteiger partial charge on any atom is -0.494 e. The van der Waals surface area contributed by atoms with E-state index in [1.165, 1.54) is 210 Å². The van der Waals surface area contributed by atoms with Gasteiger partial charge in [-0.25, -0.2) is 4.99 Å². The lowest BCUT2D eigenvalue weighted by atomic mass is 9.63. The molecule has 70 heavy (non-hydrogen) atoms. The molecule has 0 saturated carbocycles. The summed E-state index contributed by atoms with van der Waals surface area (Å²) in [5.41, 5.74) is 13.6. The van der Waals surface area contributed by atoms with E-state index >= 15 is 0 Å². The lowest BCUT2D eigenvalue weighted by molar-refractivity contribution is 0.101. The van der Waals surface area contributed by atoms with Crippen LogP contribution in [0.4, 0.5) is 0 Å². The number of carbonyl (C=O) groups is 1. The van der Waals surface area contributed by atoms with Crippen LogP contribution in [0.2, 0.25) is 0 Å². The summed E-state index contributed by atoms with van der Waals surface area (Å²) in [6.45, 7) is 9.21. The first-order valence-electron chi connectivity index (χ1n) is 28.7. The van der Waals surface area contributed by atoms with Gasteiger partial charge in [-0.2, -0.15) is 0 Å². The van der Waals surface area contributed by atoms with E-state index in [2.05, 4.69) is 125 Å². The van der Waals surface area contributed by atoms with Crippen LogP contribution < -0.4 is 0 Å². The van der Waals surface area contributed by atoms with Crippen LogP contribution >= 0.6 is 31.9 Å². The SMILES string of the molecule is CCCCCCCCC1(CCCCCCCC)c2cc(Br)ccc2-c2ccc(-c3[nH]c(O)c4c3C(=O)N=C4C3CC=C4c5ccc(Br)cc5C(CCCCCCCC)(CCCCCCCC)C4C3)cc21. The first kappa shape index (κ1) is 53.1. The van der Waals surface area contributed by atoms with Gasteiger partial charge in [-0.15, -0.1) is 0 Å². The molecule has 4 aliphatic rings. The van der Waals surface area contributed by atoms with E-state index in [9.17, 15) is 9.90 Å². The molecule has 3 aliphatic carbocycles. The van der Waals surface area contributed by atoms with Crippen molar-refractivity contribution in [3.63, 3.8) is 0 Å². The van der Waals surface area contributed by atoms with Gasteiger partial charge in [0, 0.05) is 25.7 Å². The Morgan fingerprint density at radius 2 is 1.04 bits per heavy atom. The Morgan fingerprint density at radius 1 is 0.571 bits per heavy atom. The Kier molecular flexibility index (Phi) is 19.1. The number of unbranched alkanes of at least 4 members (excludes halogenated alkanes) is 20. The zero-order valence-electron chi connectivity index (χ0n) is 43.7. The number of H-pyrrole nitrogens is 1. The number of aliphatic imine (C=N–C) groups is 1. The van der Waals surface area contributed by atoms with E-state index in [0.29, 0.717) is 17.0 Å². The number of fused-ring (bicyclic) bond motifs is 7. The van der Waals surface area contributed by atoms with E-state index in [1.54, 1.807) is 0 Å². The highest BCUT2D eigenvalue weighted by Crippen LogP contribution is 2.61. The van der Waals surface area contributed by atoms with Gasteiger partial charge in [-0.05, 0) is 119 Å². The molecule has 0 radical (unpaired) electrons. The lowest BCUT2D eigenvalue weighted by Crippen LogP contribution is -2.35. The van der Waals surface area contributed by atoms with E-state index in [1.807, 2.05) is 0 Å². The summed E-state index contributed by atoms with van der Waals surface area (Å²) in [6.07, 6.45) is 39.7. The van der Waals surface area contributed by atoms with Crippen molar-refractivity contribution in [3.8, 4) is 28.3 Å². The van der Waals surface area contributed by atoms with E-state index in [0.717, 1.165) is 47.1 Å². The lowest BCUT2D eigenvalue weighted by Gasteiger charge is -2.41. The number of aromatic hydroxyl groups is 1. The molecule has 6 heteroatoms. The van der Waals surface area contributed by atoms with E-state index in [-0.39, 0.29) is 28.5 Å². The molecule has 1 aromatic heterocycles. The van der Waals surface area contributed by atoms with E-state index in [4.69, 9.17) is 4.99 Å². The number of carbonyl (C=O) groups excluding carboxylic acids is 1. The molecule has 2 N–H and O–H groups in total. The number of nitrogens with zero attached hydrogens (tertiary/aromatic N) is 1. The molecule has 0 saturated heterocycles. The van der Waals surface area contributed by atoms with Crippen molar-refractivity contribution in [1.29, 1.82) is 0 Å². The van der Waals surface area contributed by atoms with Crippen LogP contribution in [0.1, 0.15) is 258 Å². The zero-order chi connectivity index (χ0) is 49.1. The van der Waals surface area contributed by atoms with Crippen LogP contribution in [-0.2, 0) is 10.8 Å². The highest BCUT2D eigenvalue weighted by atomic mass is 79.9. The summed E-state index contributed by atoms with van der Waals surface area (Å²) in [7, 11) is 0. The summed E-state index contributed by atoms with van der Waals surface area (Å²) in [6, 6.07) is 20.9. The fourth-order valence-electron chi connectivity index (χ4n) is 13.9. The second-order valence-corrected chi connectivity index (χ2v) is 24.1. The number of hydrogen-bond acceptors (Lipinski definition) is 2. The average Bonchev–Trinajstić information content (AvgIpc) is 4.06. The number of rotatable bonds is 30.